The number of benzene rings is 2. The van der Waals surface area contributed by atoms with Crippen LogP contribution >= 0.6 is 0 Å². The van der Waals surface area contributed by atoms with Gasteiger partial charge >= 0.3 is 0 Å². The summed E-state index contributed by atoms with van der Waals surface area (Å²) in [5.74, 6) is 10.5. The maximum atomic E-state index is 5.38. The Balaban J connectivity index is 1.38. The molecule has 3 aliphatic rings. The van der Waals surface area contributed by atoms with Gasteiger partial charge in [0.2, 0.25) is 0 Å². The highest BCUT2D eigenvalue weighted by Gasteiger charge is 2.55. The molecular weight excluding hydrogens is 370 g/mol. The van der Waals surface area contributed by atoms with Gasteiger partial charge in [0.05, 0.1) is 7.11 Å². The van der Waals surface area contributed by atoms with Crippen LogP contribution in [0, 0.1) is 23.7 Å². The van der Waals surface area contributed by atoms with Gasteiger partial charge in [-0.05, 0) is 108 Å². The van der Waals surface area contributed by atoms with E-state index in [-0.39, 0.29) is 5.41 Å². The van der Waals surface area contributed by atoms with Crippen molar-refractivity contribution in [2.24, 2.45) is 29.6 Å². The Bertz CT molecular complexity index is 892. The van der Waals surface area contributed by atoms with Crippen molar-refractivity contribution < 1.29 is 9.57 Å². The summed E-state index contributed by atoms with van der Waals surface area (Å²) >= 11 is 0. The highest BCUT2D eigenvalue weighted by atomic mass is 16.6. The van der Waals surface area contributed by atoms with Crippen LogP contribution in [0.15, 0.2) is 48.5 Å². The topological polar surface area (TPSA) is 44.5 Å². The van der Waals surface area contributed by atoms with Crippen molar-refractivity contribution in [3.63, 3.8) is 0 Å². The summed E-state index contributed by atoms with van der Waals surface area (Å²) in [6, 6.07) is 17.4. The zero-order valence-corrected chi connectivity index (χ0v) is 18.6. The lowest BCUT2D eigenvalue weighted by Crippen LogP contribution is -2.35. The van der Waals surface area contributed by atoms with Gasteiger partial charge in [-0.3, -0.25) is 0 Å². The first-order chi connectivity index (χ1) is 14.4. The standard InChI is InChI=1S/C27H35NO2/c1-26(20-4-8-22(29-3)9-5-20)13-12-24-18-14-19(25(24)17-26)16-27(2,15-18)21-6-10-23(30-28)11-7-21/h4-11,18-19,24-25H,12-17,28H2,1-3H3. The lowest BCUT2D eigenvalue weighted by Gasteiger charge is -2.43. The van der Waals surface area contributed by atoms with E-state index in [0.717, 1.165) is 35.2 Å². The quantitative estimate of drug-likeness (QED) is 0.634. The minimum atomic E-state index is 0.272. The lowest BCUT2D eigenvalue weighted by atomic mass is 9.62. The average Bonchev–Trinajstić information content (AvgIpc) is 3.03. The third-order valence-electron chi connectivity index (χ3n) is 8.98. The first kappa shape index (κ1) is 19.9. The molecule has 0 saturated heterocycles. The second-order valence-electron chi connectivity index (χ2n) is 10.7. The predicted octanol–water partition coefficient (Wildman–Crippen LogP) is 6.01. The Hall–Kier alpha value is -2.00. The fraction of sp³-hybridized carbons (Fsp3) is 0.556. The van der Waals surface area contributed by atoms with Crippen LogP contribution < -0.4 is 15.5 Å². The number of ether oxygens (including phenoxy) is 1. The van der Waals surface area contributed by atoms with Crippen LogP contribution in [0.2, 0.25) is 0 Å². The maximum Gasteiger partial charge on any atom is 0.146 e. The molecule has 0 amide bonds. The fourth-order valence-corrected chi connectivity index (χ4v) is 7.45. The number of rotatable bonds is 4. The molecule has 3 aliphatic carbocycles. The minimum absolute atomic E-state index is 0.272. The smallest absolute Gasteiger partial charge is 0.146 e. The zero-order valence-electron chi connectivity index (χ0n) is 18.6. The highest BCUT2D eigenvalue weighted by Crippen LogP contribution is 2.63. The second-order valence-corrected chi connectivity index (χ2v) is 10.7. The van der Waals surface area contributed by atoms with Crippen LogP contribution in [0.4, 0.5) is 0 Å². The van der Waals surface area contributed by atoms with Gasteiger partial charge in [-0.1, -0.05) is 38.1 Å². The van der Waals surface area contributed by atoms with E-state index in [1.807, 2.05) is 12.1 Å². The zero-order chi connectivity index (χ0) is 20.9. The Morgan fingerprint density at radius 1 is 0.767 bits per heavy atom. The van der Waals surface area contributed by atoms with Gasteiger partial charge in [-0.15, -0.1) is 0 Å². The largest absolute Gasteiger partial charge is 0.497 e. The molecule has 3 saturated carbocycles. The first-order valence-corrected chi connectivity index (χ1v) is 11.6. The molecule has 6 atom stereocenters. The Morgan fingerprint density at radius 2 is 1.33 bits per heavy atom. The van der Waals surface area contributed by atoms with Gasteiger partial charge in [-0.25, -0.2) is 0 Å². The van der Waals surface area contributed by atoms with Gasteiger partial charge in [-0.2, -0.15) is 5.90 Å². The molecule has 6 unspecified atom stereocenters. The summed E-state index contributed by atoms with van der Waals surface area (Å²) in [5.41, 5.74) is 3.51. The van der Waals surface area contributed by atoms with Crippen molar-refractivity contribution in [2.75, 3.05) is 7.11 Å². The van der Waals surface area contributed by atoms with Gasteiger partial charge < -0.3 is 9.57 Å². The van der Waals surface area contributed by atoms with Crippen molar-refractivity contribution in [1.82, 2.24) is 0 Å². The molecule has 5 rings (SSSR count). The van der Waals surface area contributed by atoms with E-state index in [0.29, 0.717) is 5.41 Å². The van der Waals surface area contributed by atoms with Crippen LogP contribution in [0.5, 0.6) is 11.5 Å². The molecule has 0 heterocycles. The third-order valence-corrected chi connectivity index (χ3v) is 8.98. The van der Waals surface area contributed by atoms with Crippen LogP contribution in [-0.2, 0) is 10.8 Å². The molecule has 3 heteroatoms. The van der Waals surface area contributed by atoms with Gasteiger partial charge in [0.25, 0.3) is 0 Å². The third kappa shape index (κ3) is 3.22. The molecule has 30 heavy (non-hydrogen) atoms. The lowest BCUT2D eigenvalue weighted by molar-refractivity contribution is 0.144. The van der Waals surface area contributed by atoms with E-state index in [1.54, 1.807) is 7.11 Å². The Morgan fingerprint density at radius 3 is 1.93 bits per heavy atom. The molecular formula is C27H35NO2. The Kier molecular flexibility index (Phi) is 4.85. The average molecular weight is 406 g/mol. The molecule has 2 N–H and O–H groups in total. The maximum absolute atomic E-state index is 5.38. The predicted molar refractivity (Wildman–Crippen MR) is 121 cm³/mol. The van der Waals surface area contributed by atoms with Crippen LogP contribution in [-0.4, -0.2) is 7.11 Å². The molecule has 2 aromatic rings. The monoisotopic (exact) mass is 405 g/mol. The van der Waals surface area contributed by atoms with Crippen molar-refractivity contribution in [2.45, 2.75) is 63.2 Å². The number of hydrogen-bond acceptors (Lipinski definition) is 3. The molecule has 3 nitrogen and oxygen atoms in total. The molecule has 160 valence electrons. The summed E-state index contributed by atoms with van der Waals surface area (Å²) in [4.78, 5) is 4.89. The molecule has 3 fully saturated rings. The minimum Gasteiger partial charge on any atom is -0.497 e. The van der Waals surface area contributed by atoms with Crippen LogP contribution in [0.3, 0.4) is 0 Å². The van der Waals surface area contributed by atoms with Crippen LogP contribution in [0.25, 0.3) is 0 Å². The van der Waals surface area contributed by atoms with Crippen molar-refractivity contribution in [3.05, 3.63) is 59.7 Å². The molecule has 2 bridgehead atoms. The highest BCUT2D eigenvalue weighted by molar-refractivity contribution is 5.35. The van der Waals surface area contributed by atoms with Crippen molar-refractivity contribution >= 4 is 0 Å². The van der Waals surface area contributed by atoms with E-state index < -0.39 is 0 Å². The van der Waals surface area contributed by atoms with Crippen molar-refractivity contribution in [1.29, 1.82) is 0 Å². The number of methoxy groups -OCH3 is 1. The van der Waals surface area contributed by atoms with Gasteiger partial charge in [0.15, 0.2) is 0 Å². The summed E-state index contributed by atoms with van der Waals surface area (Å²) in [6.07, 6.45) is 8.10. The summed E-state index contributed by atoms with van der Waals surface area (Å²) in [6.45, 7) is 4.99. The van der Waals surface area contributed by atoms with Crippen molar-refractivity contribution in [3.8, 4) is 11.5 Å². The SMILES string of the molecule is COc1ccc(C2(C)CCC3C4CC(CC(C)(c5ccc(ON)cc5)C4)C3C2)cc1. The second kappa shape index (κ2) is 7.30. The first-order valence-electron chi connectivity index (χ1n) is 11.6. The molecule has 0 aromatic heterocycles. The van der Waals surface area contributed by atoms with E-state index in [4.69, 9.17) is 15.5 Å². The fourth-order valence-electron chi connectivity index (χ4n) is 7.45. The number of hydrogen-bond donors (Lipinski definition) is 1. The van der Waals surface area contributed by atoms with Crippen LogP contribution in [0.1, 0.15) is 63.5 Å². The summed E-state index contributed by atoms with van der Waals surface area (Å²) in [5, 5.41) is 0. The molecule has 0 spiro atoms. The number of nitrogens with two attached hydrogens (primary N) is 1. The summed E-state index contributed by atoms with van der Waals surface area (Å²) < 4.78 is 5.38. The molecule has 0 aliphatic heterocycles. The van der Waals surface area contributed by atoms with Gasteiger partial charge in [0.1, 0.15) is 11.5 Å². The van der Waals surface area contributed by atoms with E-state index in [2.05, 4.69) is 50.2 Å². The molecule has 2 aromatic carbocycles. The van der Waals surface area contributed by atoms with E-state index in [9.17, 15) is 0 Å². The molecule has 0 radical (unpaired) electrons. The van der Waals surface area contributed by atoms with E-state index >= 15 is 0 Å². The Labute approximate surface area is 180 Å². The summed E-state index contributed by atoms with van der Waals surface area (Å²) in [7, 11) is 1.74. The van der Waals surface area contributed by atoms with E-state index in [1.165, 1.54) is 49.7 Å². The normalized spacial score (nSPS) is 37.5. The van der Waals surface area contributed by atoms with Gasteiger partial charge in [0, 0.05) is 0 Å². The number of fused-ring (bicyclic) bond motifs is 5.